The van der Waals surface area contributed by atoms with Crippen LogP contribution in [0.25, 0.3) is 0 Å². The molecule has 0 radical (unpaired) electrons. The topological polar surface area (TPSA) is 44.3 Å². The van der Waals surface area contributed by atoms with Crippen molar-refractivity contribution in [3.05, 3.63) is 17.8 Å². The third-order valence-corrected chi connectivity index (χ3v) is 3.43. The van der Waals surface area contributed by atoms with Crippen LogP contribution in [0.5, 0.6) is 0 Å². The van der Waals surface area contributed by atoms with Crippen LogP contribution in [0.1, 0.15) is 19.5 Å². The van der Waals surface area contributed by atoms with Gasteiger partial charge in [0.2, 0.25) is 0 Å². The van der Waals surface area contributed by atoms with Gasteiger partial charge in [0.1, 0.15) is 0 Å². The van der Waals surface area contributed by atoms with Gasteiger partial charge in [0.15, 0.2) is 5.82 Å². The molecule has 0 spiro atoms. The zero-order chi connectivity index (χ0) is 13.0. The summed E-state index contributed by atoms with van der Waals surface area (Å²) in [6.45, 7) is 9.57. The van der Waals surface area contributed by atoms with E-state index in [2.05, 4.69) is 45.2 Å². The van der Waals surface area contributed by atoms with Gasteiger partial charge >= 0.3 is 0 Å². The number of nitrogens with one attached hydrogen (secondary N) is 1. The second kappa shape index (κ2) is 6.11. The van der Waals surface area contributed by atoms with E-state index in [9.17, 15) is 0 Å². The van der Waals surface area contributed by atoms with E-state index in [4.69, 9.17) is 0 Å². The summed E-state index contributed by atoms with van der Waals surface area (Å²) in [7, 11) is 1.92. The fourth-order valence-corrected chi connectivity index (χ4v) is 2.26. The molecule has 2 rings (SSSR count). The number of piperazine rings is 1. The van der Waals surface area contributed by atoms with Crippen molar-refractivity contribution in [2.45, 2.75) is 26.4 Å². The van der Waals surface area contributed by atoms with Gasteiger partial charge in [-0.2, -0.15) is 5.10 Å². The van der Waals surface area contributed by atoms with Gasteiger partial charge in [0, 0.05) is 38.8 Å². The Morgan fingerprint density at radius 3 is 2.39 bits per heavy atom. The predicted molar refractivity (Wildman–Crippen MR) is 73.7 cm³/mol. The summed E-state index contributed by atoms with van der Waals surface area (Å²) in [6, 6.07) is 4.76. The van der Waals surface area contributed by atoms with E-state index in [1.165, 1.54) is 0 Å². The zero-order valence-corrected chi connectivity index (χ0v) is 11.6. The van der Waals surface area contributed by atoms with E-state index in [0.29, 0.717) is 6.04 Å². The highest BCUT2D eigenvalue weighted by molar-refractivity contribution is 5.37. The highest BCUT2D eigenvalue weighted by Gasteiger charge is 2.19. The summed E-state index contributed by atoms with van der Waals surface area (Å²) in [5.74, 6) is 0.998. The molecule has 0 aromatic carbocycles. The Kier molecular flexibility index (Phi) is 4.49. The lowest BCUT2D eigenvalue weighted by Gasteiger charge is -2.37. The quantitative estimate of drug-likeness (QED) is 0.852. The first-order valence-corrected chi connectivity index (χ1v) is 6.67. The van der Waals surface area contributed by atoms with Gasteiger partial charge in [-0.25, -0.2) is 0 Å². The van der Waals surface area contributed by atoms with Crippen molar-refractivity contribution >= 4 is 5.82 Å². The lowest BCUT2D eigenvalue weighted by Crippen LogP contribution is -2.49. The Balaban J connectivity index is 1.93. The molecule has 0 bridgehead atoms. The molecular weight excluding hydrogens is 226 g/mol. The van der Waals surface area contributed by atoms with Gasteiger partial charge in [0.05, 0.1) is 5.69 Å². The maximum absolute atomic E-state index is 4.31. The van der Waals surface area contributed by atoms with Crippen molar-refractivity contribution in [3.8, 4) is 0 Å². The van der Waals surface area contributed by atoms with Crippen LogP contribution in [0.3, 0.4) is 0 Å². The van der Waals surface area contributed by atoms with Gasteiger partial charge in [-0.1, -0.05) is 0 Å². The first kappa shape index (κ1) is 13.2. The van der Waals surface area contributed by atoms with Crippen molar-refractivity contribution in [2.24, 2.45) is 0 Å². The van der Waals surface area contributed by atoms with Gasteiger partial charge in [0.25, 0.3) is 0 Å². The van der Waals surface area contributed by atoms with Crippen molar-refractivity contribution < 1.29 is 0 Å². The summed E-state index contributed by atoms with van der Waals surface area (Å²) in [5, 5.41) is 11.6. The second-order valence-corrected chi connectivity index (χ2v) is 5.03. The van der Waals surface area contributed by atoms with E-state index >= 15 is 0 Å². The molecule has 1 aromatic rings. The average molecular weight is 249 g/mol. The molecule has 1 saturated heterocycles. The maximum Gasteiger partial charge on any atom is 0.151 e. The Morgan fingerprint density at radius 2 is 1.89 bits per heavy atom. The van der Waals surface area contributed by atoms with Crippen molar-refractivity contribution in [1.82, 2.24) is 20.4 Å². The Morgan fingerprint density at radius 1 is 1.17 bits per heavy atom. The lowest BCUT2D eigenvalue weighted by atomic mass is 10.2. The SMILES string of the molecule is CNCc1ccc(N2CCN(C(C)C)CC2)nn1. The highest BCUT2D eigenvalue weighted by atomic mass is 15.3. The fraction of sp³-hybridized carbons (Fsp3) is 0.692. The molecule has 18 heavy (non-hydrogen) atoms. The average Bonchev–Trinajstić information content (AvgIpc) is 2.40. The third kappa shape index (κ3) is 3.17. The summed E-state index contributed by atoms with van der Waals surface area (Å²) in [4.78, 5) is 4.81. The molecule has 5 nitrogen and oxygen atoms in total. The predicted octanol–water partition coefficient (Wildman–Crippen LogP) is 0.726. The zero-order valence-electron chi connectivity index (χ0n) is 11.6. The molecule has 0 aliphatic carbocycles. The highest BCUT2D eigenvalue weighted by Crippen LogP contribution is 2.13. The molecule has 0 amide bonds. The Bertz CT molecular complexity index is 354. The van der Waals surface area contributed by atoms with E-state index in [-0.39, 0.29) is 0 Å². The molecule has 1 aromatic heterocycles. The molecule has 1 fully saturated rings. The Labute approximate surface area is 109 Å². The van der Waals surface area contributed by atoms with Crippen LogP contribution < -0.4 is 10.2 Å². The molecular formula is C13H23N5. The molecule has 2 heterocycles. The van der Waals surface area contributed by atoms with Gasteiger partial charge in [-0.05, 0) is 33.0 Å². The minimum Gasteiger partial charge on any atom is -0.353 e. The first-order valence-electron chi connectivity index (χ1n) is 6.67. The summed E-state index contributed by atoms with van der Waals surface area (Å²) >= 11 is 0. The number of anilines is 1. The van der Waals surface area contributed by atoms with Crippen LogP contribution in [-0.4, -0.2) is 54.4 Å². The van der Waals surface area contributed by atoms with Crippen LogP contribution in [0, 0.1) is 0 Å². The van der Waals surface area contributed by atoms with Crippen LogP contribution in [0.2, 0.25) is 0 Å². The van der Waals surface area contributed by atoms with Crippen molar-refractivity contribution in [2.75, 3.05) is 38.1 Å². The number of nitrogens with zero attached hydrogens (tertiary/aromatic N) is 4. The van der Waals surface area contributed by atoms with Crippen molar-refractivity contribution in [1.29, 1.82) is 0 Å². The Hall–Kier alpha value is -1.20. The minimum atomic E-state index is 0.635. The molecule has 1 aliphatic rings. The molecule has 0 unspecified atom stereocenters. The number of aromatic nitrogens is 2. The standard InChI is InChI=1S/C13H23N5/c1-11(2)17-6-8-18(9-7-17)13-5-4-12(10-14-3)15-16-13/h4-5,11,14H,6-10H2,1-3H3. The number of rotatable bonds is 4. The van der Waals surface area contributed by atoms with Gasteiger partial charge in [-0.3, -0.25) is 4.90 Å². The van der Waals surface area contributed by atoms with Gasteiger partial charge in [-0.15, -0.1) is 5.10 Å². The molecule has 100 valence electrons. The lowest BCUT2D eigenvalue weighted by molar-refractivity contribution is 0.209. The van der Waals surface area contributed by atoms with E-state index in [1.54, 1.807) is 0 Å². The summed E-state index contributed by atoms with van der Waals surface area (Å²) in [6.07, 6.45) is 0. The number of hydrogen-bond donors (Lipinski definition) is 1. The summed E-state index contributed by atoms with van der Waals surface area (Å²) in [5.41, 5.74) is 0.988. The van der Waals surface area contributed by atoms with E-state index < -0.39 is 0 Å². The van der Waals surface area contributed by atoms with E-state index in [1.807, 2.05) is 13.1 Å². The monoisotopic (exact) mass is 249 g/mol. The summed E-state index contributed by atoms with van der Waals surface area (Å²) < 4.78 is 0. The smallest absolute Gasteiger partial charge is 0.151 e. The first-order chi connectivity index (χ1) is 8.70. The van der Waals surface area contributed by atoms with Crippen molar-refractivity contribution in [3.63, 3.8) is 0 Å². The van der Waals surface area contributed by atoms with Crippen LogP contribution in [0.15, 0.2) is 12.1 Å². The molecule has 0 atom stereocenters. The fourth-order valence-electron chi connectivity index (χ4n) is 2.26. The van der Waals surface area contributed by atoms with Crippen LogP contribution in [-0.2, 0) is 6.54 Å². The second-order valence-electron chi connectivity index (χ2n) is 5.03. The maximum atomic E-state index is 4.31. The third-order valence-electron chi connectivity index (χ3n) is 3.43. The largest absolute Gasteiger partial charge is 0.353 e. The molecule has 1 N–H and O–H groups in total. The normalized spacial score (nSPS) is 17.4. The number of hydrogen-bond acceptors (Lipinski definition) is 5. The molecule has 5 heteroatoms. The van der Waals surface area contributed by atoms with Gasteiger partial charge < -0.3 is 10.2 Å². The molecule has 1 aliphatic heterocycles. The van der Waals surface area contributed by atoms with Crippen LogP contribution in [0.4, 0.5) is 5.82 Å². The minimum absolute atomic E-state index is 0.635. The molecule has 0 saturated carbocycles. The van der Waals surface area contributed by atoms with E-state index in [0.717, 1.165) is 44.2 Å². The van der Waals surface area contributed by atoms with Crippen LogP contribution >= 0.6 is 0 Å².